The molecule has 1 fully saturated rings. The molecule has 4 heteroatoms. The van der Waals surface area contributed by atoms with Gasteiger partial charge in [0, 0.05) is 17.6 Å². The fourth-order valence-electron chi connectivity index (χ4n) is 3.68. The van der Waals surface area contributed by atoms with Crippen LogP contribution in [0.25, 0.3) is 10.9 Å². The summed E-state index contributed by atoms with van der Waals surface area (Å²) in [5.41, 5.74) is 1.93. The van der Waals surface area contributed by atoms with Gasteiger partial charge in [-0.3, -0.25) is 9.59 Å². The van der Waals surface area contributed by atoms with E-state index in [9.17, 15) is 9.59 Å². The summed E-state index contributed by atoms with van der Waals surface area (Å²) in [6.45, 7) is 0.205. The average molecular weight is 346 g/mol. The quantitative estimate of drug-likeness (QED) is 0.766. The first kappa shape index (κ1) is 16.6. The van der Waals surface area contributed by atoms with E-state index in [-0.39, 0.29) is 23.9 Å². The monoisotopic (exact) mass is 346 g/mol. The molecule has 1 amide bonds. The molecule has 1 N–H and O–H groups in total. The van der Waals surface area contributed by atoms with Crippen molar-refractivity contribution in [2.24, 2.45) is 5.92 Å². The van der Waals surface area contributed by atoms with Crippen LogP contribution >= 0.6 is 0 Å². The van der Waals surface area contributed by atoms with E-state index in [2.05, 4.69) is 17.4 Å². The van der Waals surface area contributed by atoms with E-state index >= 15 is 0 Å². The smallest absolute Gasteiger partial charge is 0.240 e. The van der Waals surface area contributed by atoms with Crippen molar-refractivity contribution in [1.29, 1.82) is 0 Å². The summed E-state index contributed by atoms with van der Waals surface area (Å²) in [7, 11) is 0. The number of amides is 1. The van der Waals surface area contributed by atoms with E-state index in [1.807, 2.05) is 41.0 Å². The number of carbonyl (C=O) groups is 1. The van der Waals surface area contributed by atoms with Crippen LogP contribution in [-0.4, -0.2) is 10.5 Å². The Morgan fingerprint density at radius 2 is 1.77 bits per heavy atom. The molecule has 3 aromatic rings. The number of nitrogens with one attached hydrogen (secondary N) is 1. The Kier molecular flexibility index (Phi) is 4.57. The second kappa shape index (κ2) is 7.16. The molecule has 2 aromatic carbocycles. The standard InChI is InChI=1S/C22H22N2O2/c25-20-13-14-24(19-12-5-4-11-18(19)20)15-21(26)23-22(17-9-6-10-17)16-7-2-1-3-8-16/h1-5,7-8,11-14,17,22H,6,9-10,15H2,(H,23,26)/t22-/m0/s1. The summed E-state index contributed by atoms with van der Waals surface area (Å²) in [5, 5.41) is 3.87. The summed E-state index contributed by atoms with van der Waals surface area (Å²) in [6, 6.07) is 19.2. The zero-order valence-electron chi connectivity index (χ0n) is 14.6. The van der Waals surface area contributed by atoms with Gasteiger partial charge in [-0.05, 0) is 36.5 Å². The Bertz CT molecular complexity index is 974. The van der Waals surface area contributed by atoms with Gasteiger partial charge in [0.2, 0.25) is 5.91 Å². The van der Waals surface area contributed by atoms with Crippen LogP contribution in [0.4, 0.5) is 0 Å². The van der Waals surface area contributed by atoms with Crippen molar-refractivity contribution in [2.45, 2.75) is 31.8 Å². The summed E-state index contributed by atoms with van der Waals surface area (Å²) in [5.74, 6) is 0.478. The van der Waals surface area contributed by atoms with E-state index in [0.717, 1.165) is 23.9 Å². The maximum Gasteiger partial charge on any atom is 0.240 e. The molecule has 0 radical (unpaired) electrons. The predicted octanol–water partition coefficient (Wildman–Crippen LogP) is 3.66. The number of fused-ring (bicyclic) bond motifs is 1. The van der Waals surface area contributed by atoms with Crippen LogP contribution in [0, 0.1) is 5.92 Å². The minimum atomic E-state index is -0.0282. The highest BCUT2D eigenvalue weighted by molar-refractivity contribution is 5.82. The van der Waals surface area contributed by atoms with Gasteiger partial charge in [-0.15, -0.1) is 0 Å². The zero-order chi connectivity index (χ0) is 17.9. The molecule has 1 aliphatic rings. The lowest BCUT2D eigenvalue weighted by atomic mass is 9.77. The molecule has 1 atom stereocenters. The molecule has 0 saturated heterocycles. The second-order valence-electron chi connectivity index (χ2n) is 6.97. The lowest BCUT2D eigenvalue weighted by Gasteiger charge is -2.34. The van der Waals surface area contributed by atoms with Crippen LogP contribution < -0.4 is 10.7 Å². The summed E-state index contributed by atoms with van der Waals surface area (Å²) < 4.78 is 1.84. The molecule has 1 saturated carbocycles. The topological polar surface area (TPSA) is 51.1 Å². The molecular formula is C22H22N2O2. The molecule has 0 unspecified atom stereocenters. The molecule has 4 nitrogen and oxygen atoms in total. The molecule has 0 spiro atoms. The van der Waals surface area contributed by atoms with E-state index in [1.54, 1.807) is 12.3 Å². The molecule has 0 aliphatic heterocycles. The van der Waals surface area contributed by atoms with Crippen LogP contribution in [0.1, 0.15) is 30.9 Å². The van der Waals surface area contributed by atoms with Crippen LogP contribution in [0.3, 0.4) is 0 Å². The second-order valence-corrected chi connectivity index (χ2v) is 6.97. The van der Waals surface area contributed by atoms with Crippen molar-refractivity contribution in [3.05, 3.63) is 82.6 Å². The number of aromatic nitrogens is 1. The number of nitrogens with zero attached hydrogens (tertiary/aromatic N) is 1. The van der Waals surface area contributed by atoms with Crippen LogP contribution in [-0.2, 0) is 11.3 Å². The first-order valence-electron chi connectivity index (χ1n) is 9.15. The summed E-state index contributed by atoms with van der Waals surface area (Å²) >= 11 is 0. The van der Waals surface area contributed by atoms with Crippen molar-refractivity contribution in [1.82, 2.24) is 9.88 Å². The summed E-state index contributed by atoms with van der Waals surface area (Å²) in [6.07, 6.45) is 5.24. The molecular weight excluding hydrogens is 324 g/mol. The van der Waals surface area contributed by atoms with Gasteiger partial charge >= 0.3 is 0 Å². The molecule has 1 aromatic heterocycles. The van der Waals surface area contributed by atoms with Crippen LogP contribution in [0.5, 0.6) is 0 Å². The first-order chi connectivity index (χ1) is 12.7. The van der Waals surface area contributed by atoms with Gasteiger partial charge in [0.15, 0.2) is 5.43 Å². The number of carbonyl (C=O) groups excluding carboxylic acids is 1. The van der Waals surface area contributed by atoms with E-state index < -0.39 is 0 Å². The van der Waals surface area contributed by atoms with E-state index in [0.29, 0.717) is 11.3 Å². The van der Waals surface area contributed by atoms with Gasteiger partial charge in [-0.2, -0.15) is 0 Å². The number of benzene rings is 2. The normalized spacial score (nSPS) is 15.4. The molecule has 1 aliphatic carbocycles. The Morgan fingerprint density at radius 1 is 1.04 bits per heavy atom. The highest BCUT2D eigenvalue weighted by Gasteiger charge is 2.29. The molecule has 1 heterocycles. The van der Waals surface area contributed by atoms with Crippen LogP contribution in [0.15, 0.2) is 71.7 Å². The minimum Gasteiger partial charge on any atom is -0.347 e. The number of pyridine rings is 1. The fourth-order valence-corrected chi connectivity index (χ4v) is 3.68. The third kappa shape index (κ3) is 3.27. The number of hydrogen-bond acceptors (Lipinski definition) is 2. The Hall–Kier alpha value is -2.88. The minimum absolute atomic E-state index is 0.0195. The van der Waals surface area contributed by atoms with Crippen molar-refractivity contribution >= 4 is 16.8 Å². The Labute approximate surface area is 152 Å². The SMILES string of the molecule is O=C(Cn1ccc(=O)c2ccccc21)N[C@@H](c1ccccc1)C1CCC1. The van der Waals surface area contributed by atoms with Gasteiger partial charge < -0.3 is 9.88 Å². The molecule has 26 heavy (non-hydrogen) atoms. The highest BCUT2D eigenvalue weighted by Crippen LogP contribution is 2.37. The van der Waals surface area contributed by atoms with E-state index in [1.165, 1.54) is 12.5 Å². The van der Waals surface area contributed by atoms with Gasteiger partial charge in [-0.1, -0.05) is 48.9 Å². The van der Waals surface area contributed by atoms with Crippen molar-refractivity contribution in [3.8, 4) is 0 Å². The number of hydrogen-bond donors (Lipinski definition) is 1. The van der Waals surface area contributed by atoms with Crippen molar-refractivity contribution in [2.75, 3.05) is 0 Å². The van der Waals surface area contributed by atoms with Crippen molar-refractivity contribution < 1.29 is 4.79 Å². The molecule has 4 rings (SSSR count). The predicted molar refractivity (Wildman–Crippen MR) is 103 cm³/mol. The first-order valence-corrected chi connectivity index (χ1v) is 9.15. The van der Waals surface area contributed by atoms with Crippen molar-refractivity contribution in [3.63, 3.8) is 0 Å². The lowest BCUT2D eigenvalue weighted by Crippen LogP contribution is -2.38. The zero-order valence-corrected chi connectivity index (χ0v) is 14.6. The van der Waals surface area contributed by atoms with Gasteiger partial charge in [-0.25, -0.2) is 0 Å². The van der Waals surface area contributed by atoms with Crippen LogP contribution in [0.2, 0.25) is 0 Å². The number of rotatable bonds is 5. The third-order valence-corrected chi connectivity index (χ3v) is 5.30. The maximum atomic E-state index is 12.8. The maximum absolute atomic E-state index is 12.8. The average Bonchev–Trinajstić information content (AvgIpc) is 2.63. The third-order valence-electron chi connectivity index (χ3n) is 5.30. The number of para-hydroxylation sites is 1. The Balaban J connectivity index is 1.56. The fraction of sp³-hybridized carbons (Fsp3) is 0.273. The van der Waals surface area contributed by atoms with E-state index in [4.69, 9.17) is 0 Å². The lowest BCUT2D eigenvalue weighted by molar-refractivity contribution is -0.123. The highest BCUT2D eigenvalue weighted by atomic mass is 16.2. The molecule has 132 valence electrons. The van der Waals surface area contributed by atoms with Gasteiger partial charge in [0.25, 0.3) is 0 Å². The van der Waals surface area contributed by atoms with Gasteiger partial charge in [0.05, 0.1) is 11.6 Å². The van der Waals surface area contributed by atoms with Gasteiger partial charge in [0.1, 0.15) is 6.54 Å². The summed E-state index contributed by atoms with van der Waals surface area (Å²) in [4.78, 5) is 24.8. The molecule has 0 bridgehead atoms. The largest absolute Gasteiger partial charge is 0.347 e. The Morgan fingerprint density at radius 3 is 2.50 bits per heavy atom.